The lowest BCUT2D eigenvalue weighted by Crippen LogP contribution is -2.69. The maximum atomic E-state index is 14.5. The van der Waals surface area contributed by atoms with Gasteiger partial charge in [-0.05, 0) is 51.7 Å². The van der Waals surface area contributed by atoms with Crippen LogP contribution in [-0.2, 0) is 14.3 Å². The molecule has 1 saturated carbocycles. The highest BCUT2D eigenvalue weighted by atomic mass is 19.1. The van der Waals surface area contributed by atoms with Gasteiger partial charge in [-0.2, -0.15) is 0 Å². The van der Waals surface area contributed by atoms with Crippen LogP contribution in [0.15, 0.2) is 0 Å². The molecule has 0 spiro atoms. The van der Waals surface area contributed by atoms with Crippen molar-refractivity contribution in [1.29, 1.82) is 0 Å². The Balaban J connectivity index is 1.21. The Labute approximate surface area is 238 Å². The summed E-state index contributed by atoms with van der Waals surface area (Å²) in [6, 6.07) is 0.335. The van der Waals surface area contributed by atoms with Crippen molar-refractivity contribution in [2.24, 2.45) is 23.3 Å². The largest absolute Gasteiger partial charge is 0.378 e. The first-order valence-electron chi connectivity index (χ1n) is 15.7. The molecule has 12 heteroatoms. The predicted octanol–water partition coefficient (Wildman–Crippen LogP) is -0.834. The molecule has 4 heterocycles. The molecule has 0 aromatic carbocycles. The molecule has 4 aliphatic heterocycles. The average molecular weight is 567 g/mol. The first-order chi connectivity index (χ1) is 19.4. The lowest BCUT2D eigenvalue weighted by atomic mass is 9.89. The number of rotatable bonds is 7. The van der Waals surface area contributed by atoms with Crippen molar-refractivity contribution in [3.8, 4) is 0 Å². The number of nitrogens with zero attached hydrogens (tertiary/aromatic N) is 3. The van der Waals surface area contributed by atoms with Gasteiger partial charge in [0.05, 0.1) is 37.5 Å². The van der Waals surface area contributed by atoms with Gasteiger partial charge in [-0.3, -0.25) is 24.7 Å². The molecule has 5 aliphatic rings. The summed E-state index contributed by atoms with van der Waals surface area (Å²) in [5.74, 6) is -0.530. The van der Waals surface area contributed by atoms with Gasteiger partial charge in [0.2, 0.25) is 11.8 Å². The second-order valence-electron chi connectivity index (χ2n) is 12.5. The second kappa shape index (κ2) is 14.2. The summed E-state index contributed by atoms with van der Waals surface area (Å²) in [4.78, 5) is 33.4. The van der Waals surface area contributed by atoms with Crippen LogP contribution >= 0.6 is 0 Å². The molecular formula is C28H51FN8O3. The molecule has 5 fully saturated rings. The minimum absolute atomic E-state index is 0.0613. The molecule has 0 bridgehead atoms. The summed E-state index contributed by atoms with van der Waals surface area (Å²) in [5, 5.41) is 10.0. The lowest BCUT2D eigenvalue weighted by molar-refractivity contribution is -0.141. The fraction of sp³-hybridized carbons (Fsp3) is 0.929. The second-order valence-corrected chi connectivity index (χ2v) is 12.5. The third-order valence-corrected chi connectivity index (χ3v) is 9.86. The SMILES string of the molecule is NC(N)C(C(=O)NC1CNCCC1N1CCC(C(=O)N2CCOCC2)CC1)C1NCC(F)CN1C1CCCCC1. The molecule has 0 radical (unpaired) electrons. The zero-order valence-corrected chi connectivity index (χ0v) is 23.9. The smallest absolute Gasteiger partial charge is 0.229 e. The van der Waals surface area contributed by atoms with E-state index in [4.69, 9.17) is 16.2 Å². The van der Waals surface area contributed by atoms with Crippen LogP contribution in [0.2, 0.25) is 0 Å². The van der Waals surface area contributed by atoms with Crippen LogP contribution in [0.3, 0.4) is 0 Å². The van der Waals surface area contributed by atoms with Crippen LogP contribution in [-0.4, -0.2) is 129 Å². The molecule has 0 aromatic heterocycles. The molecule has 0 aromatic rings. The van der Waals surface area contributed by atoms with E-state index in [-0.39, 0.29) is 48.6 Å². The van der Waals surface area contributed by atoms with E-state index in [9.17, 15) is 14.0 Å². The first-order valence-corrected chi connectivity index (χ1v) is 15.7. The van der Waals surface area contributed by atoms with E-state index < -0.39 is 18.3 Å². The average Bonchev–Trinajstić information content (AvgIpc) is 2.99. The number of likely N-dealkylation sites (tertiary alicyclic amines) is 1. The number of alkyl halides is 1. The first kappa shape index (κ1) is 30.1. The number of nitrogens with one attached hydrogen (secondary N) is 3. The van der Waals surface area contributed by atoms with Crippen molar-refractivity contribution in [1.82, 2.24) is 30.7 Å². The van der Waals surface area contributed by atoms with Gasteiger partial charge in [0.1, 0.15) is 6.17 Å². The number of nitrogens with two attached hydrogens (primary N) is 2. The van der Waals surface area contributed by atoms with Gasteiger partial charge in [0.25, 0.3) is 0 Å². The van der Waals surface area contributed by atoms with Crippen LogP contribution < -0.4 is 27.4 Å². The lowest BCUT2D eigenvalue weighted by Gasteiger charge is -2.48. The van der Waals surface area contributed by atoms with Gasteiger partial charge in [-0.1, -0.05) is 19.3 Å². The maximum Gasteiger partial charge on any atom is 0.229 e. The van der Waals surface area contributed by atoms with Crippen LogP contribution in [0.1, 0.15) is 51.4 Å². The number of amides is 2. The molecule has 7 N–H and O–H groups in total. The number of ether oxygens (including phenoxy) is 1. The van der Waals surface area contributed by atoms with Crippen molar-refractivity contribution in [2.45, 2.75) is 88.0 Å². The summed E-state index contributed by atoms with van der Waals surface area (Å²) in [6.07, 6.45) is 5.86. The van der Waals surface area contributed by atoms with E-state index in [0.717, 1.165) is 64.6 Å². The van der Waals surface area contributed by atoms with Crippen molar-refractivity contribution in [2.75, 3.05) is 65.6 Å². The molecule has 11 nitrogen and oxygen atoms in total. The Morgan fingerprint density at radius 2 is 1.68 bits per heavy atom. The Morgan fingerprint density at radius 1 is 0.950 bits per heavy atom. The molecule has 4 saturated heterocycles. The fourth-order valence-corrected chi connectivity index (χ4v) is 7.65. The zero-order valence-electron chi connectivity index (χ0n) is 23.9. The molecule has 228 valence electrons. The molecule has 5 unspecified atom stereocenters. The predicted molar refractivity (Wildman–Crippen MR) is 151 cm³/mol. The third-order valence-electron chi connectivity index (χ3n) is 9.86. The minimum Gasteiger partial charge on any atom is -0.378 e. The summed E-state index contributed by atoms with van der Waals surface area (Å²) in [7, 11) is 0. The van der Waals surface area contributed by atoms with Crippen LogP contribution in [0, 0.1) is 11.8 Å². The van der Waals surface area contributed by atoms with Gasteiger partial charge < -0.3 is 31.7 Å². The molecular weight excluding hydrogens is 515 g/mol. The van der Waals surface area contributed by atoms with Crippen molar-refractivity contribution < 1.29 is 18.7 Å². The quantitative estimate of drug-likeness (QED) is 0.250. The number of piperidine rings is 2. The maximum absolute atomic E-state index is 14.5. The van der Waals surface area contributed by atoms with Crippen LogP contribution in [0.5, 0.6) is 0 Å². The van der Waals surface area contributed by atoms with E-state index in [1.54, 1.807) is 0 Å². The Hall–Kier alpha value is -1.41. The van der Waals surface area contributed by atoms with Crippen LogP contribution in [0.4, 0.5) is 4.39 Å². The van der Waals surface area contributed by atoms with Gasteiger partial charge in [0, 0.05) is 50.7 Å². The summed E-state index contributed by atoms with van der Waals surface area (Å²) in [6.45, 7) is 6.38. The minimum atomic E-state index is -0.971. The molecule has 40 heavy (non-hydrogen) atoms. The number of carbonyl (C=O) groups is 2. The fourth-order valence-electron chi connectivity index (χ4n) is 7.65. The van der Waals surface area contributed by atoms with Crippen LogP contribution in [0.25, 0.3) is 0 Å². The monoisotopic (exact) mass is 566 g/mol. The highest BCUT2D eigenvalue weighted by molar-refractivity contribution is 5.80. The number of morpholine rings is 1. The Kier molecular flexibility index (Phi) is 10.7. The van der Waals surface area contributed by atoms with Crippen molar-refractivity contribution >= 4 is 11.8 Å². The van der Waals surface area contributed by atoms with E-state index in [2.05, 4.69) is 25.8 Å². The molecule has 2 amide bonds. The number of hydrogen-bond acceptors (Lipinski definition) is 9. The number of carbonyl (C=O) groups excluding carboxylic acids is 2. The Bertz CT molecular complexity index is 832. The summed E-state index contributed by atoms with van der Waals surface area (Å²) < 4.78 is 19.9. The van der Waals surface area contributed by atoms with E-state index >= 15 is 0 Å². The number of hydrogen-bond donors (Lipinski definition) is 5. The van der Waals surface area contributed by atoms with E-state index in [1.807, 2.05) is 4.90 Å². The molecule has 1 aliphatic carbocycles. The van der Waals surface area contributed by atoms with Gasteiger partial charge in [-0.15, -0.1) is 0 Å². The van der Waals surface area contributed by atoms with Crippen molar-refractivity contribution in [3.63, 3.8) is 0 Å². The zero-order chi connectivity index (χ0) is 28.1. The molecule has 5 rings (SSSR count). The normalized spacial score (nSPS) is 33.1. The van der Waals surface area contributed by atoms with E-state index in [1.165, 1.54) is 6.42 Å². The standard InChI is InChI=1S/C28H51FN8O3/c29-20-16-33-26(37(18-20)21-4-2-1-3-5-21)24(25(30)31)27(38)34-22-17-32-9-6-23(22)35-10-7-19(8-11-35)28(39)36-12-14-40-15-13-36/h19-26,32-33H,1-18,30-31H2,(H,34,38). The van der Waals surface area contributed by atoms with Gasteiger partial charge in [-0.25, -0.2) is 4.39 Å². The van der Waals surface area contributed by atoms with Gasteiger partial charge >= 0.3 is 0 Å². The number of halogens is 1. The summed E-state index contributed by atoms with van der Waals surface area (Å²) in [5.41, 5.74) is 12.5. The van der Waals surface area contributed by atoms with Gasteiger partial charge in [0.15, 0.2) is 0 Å². The highest BCUT2D eigenvalue weighted by Crippen LogP contribution is 2.29. The highest BCUT2D eigenvalue weighted by Gasteiger charge is 2.44. The third kappa shape index (κ3) is 7.14. The van der Waals surface area contributed by atoms with E-state index in [0.29, 0.717) is 39.4 Å². The summed E-state index contributed by atoms with van der Waals surface area (Å²) >= 11 is 0. The molecule has 5 atom stereocenters. The topological polar surface area (TPSA) is 141 Å². The Morgan fingerprint density at radius 3 is 2.38 bits per heavy atom. The van der Waals surface area contributed by atoms with Crippen molar-refractivity contribution in [3.05, 3.63) is 0 Å².